The van der Waals surface area contributed by atoms with E-state index in [4.69, 9.17) is 15.2 Å². The fourth-order valence-corrected chi connectivity index (χ4v) is 1.33. The van der Waals surface area contributed by atoms with E-state index in [1.54, 1.807) is 12.1 Å². The second-order valence-electron chi connectivity index (χ2n) is 3.80. The van der Waals surface area contributed by atoms with Crippen LogP contribution >= 0.6 is 0 Å². The van der Waals surface area contributed by atoms with Gasteiger partial charge in [0.2, 0.25) is 0 Å². The van der Waals surface area contributed by atoms with E-state index < -0.39 is 6.23 Å². The third-order valence-corrected chi connectivity index (χ3v) is 2.27. The van der Waals surface area contributed by atoms with E-state index >= 15 is 0 Å². The second-order valence-corrected chi connectivity index (χ2v) is 3.80. The second kappa shape index (κ2) is 6.91. The first kappa shape index (κ1) is 13.5. The number of unbranched alkanes of at least 4 members (excludes halogenated alkanes) is 1. The first-order chi connectivity index (χ1) is 8.13. The van der Waals surface area contributed by atoms with E-state index in [9.17, 15) is 4.79 Å². The molecule has 1 atom stereocenters. The van der Waals surface area contributed by atoms with Crippen molar-refractivity contribution in [2.45, 2.75) is 32.9 Å². The Kier molecular flexibility index (Phi) is 5.49. The SMILES string of the molecule is CCCCOc1ccc(C(N)OC(C)=O)cc1. The van der Waals surface area contributed by atoms with Crippen LogP contribution in [0.25, 0.3) is 0 Å². The zero-order chi connectivity index (χ0) is 12.7. The molecule has 2 N–H and O–H groups in total. The van der Waals surface area contributed by atoms with Gasteiger partial charge < -0.3 is 9.47 Å². The molecule has 4 nitrogen and oxygen atoms in total. The van der Waals surface area contributed by atoms with Crippen molar-refractivity contribution in [2.24, 2.45) is 5.73 Å². The summed E-state index contributed by atoms with van der Waals surface area (Å²) in [6.07, 6.45) is 1.43. The van der Waals surface area contributed by atoms with Crippen molar-refractivity contribution in [2.75, 3.05) is 6.61 Å². The molecule has 0 fully saturated rings. The van der Waals surface area contributed by atoms with Gasteiger partial charge in [-0.05, 0) is 18.6 Å². The molecule has 0 heterocycles. The Morgan fingerprint density at radius 2 is 2.00 bits per heavy atom. The Morgan fingerprint density at radius 3 is 2.53 bits per heavy atom. The summed E-state index contributed by atoms with van der Waals surface area (Å²) in [6.45, 7) is 4.17. The number of nitrogens with two attached hydrogens (primary N) is 1. The van der Waals surface area contributed by atoms with E-state index in [0.29, 0.717) is 6.61 Å². The van der Waals surface area contributed by atoms with Crippen LogP contribution in [0.15, 0.2) is 24.3 Å². The topological polar surface area (TPSA) is 61.6 Å². The number of carbonyl (C=O) groups excluding carboxylic acids is 1. The molecule has 4 heteroatoms. The summed E-state index contributed by atoms with van der Waals surface area (Å²) in [5.74, 6) is 0.415. The molecule has 0 aromatic heterocycles. The van der Waals surface area contributed by atoms with Crippen LogP contribution in [0.1, 0.15) is 38.5 Å². The van der Waals surface area contributed by atoms with Crippen LogP contribution in [0, 0.1) is 0 Å². The first-order valence-electron chi connectivity index (χ1n) is 5.79. The summed E-state index contributed by atoms with van der Waals surface area (Å²) in [4.78, 5) is 10.7. The van der Waals surface area contributed by atoms with Crippen LogP contribution in [0.4, 0.5) is 0 Å². The third-order valence-electron chi connectivity index (χ3n) is 2.27. The number of esters is 1. The van der Waals surface area contributed by atoms with Crippen molar-refractivity contribution in [3.05, 3.63) is 29.8 Å². The van der Waals surface area contributed by atoms with Gasteiger partial charge in [-0.2, -0.15) is 0 Å². The van der Waals surface area contributed by atoms with Gasteiger partial charge in [0.15, 0.2) is 6.23 Å². The summed E-state index contributed by atoms with van der Waals surface area (Å²) in [7, 11) is 0. The van der Waals surface area contributed by atoms with E-state index in [0.717, 1.165) is 24.2 Å². The smallest absolute Gasteiger partial charge is 0.304 e. The highest BCUT2D eigenvalue weighted by Gasteiger charge is 2.08. The maximum absolute atomic E-state index is 10.7. The molecule has 1 aromatic rings. The van der Waals surface area contributed by atoms with Gasteiger partial charge in [-0.1, -0.05) is 25.5 Å². The summed E-state index contributed by atoms with van der Waals surface area (Å²) in [5.41, 5.74) is 6.44. The molecule has 0 saturated heterocycles. The molecular formula is C13H19NO3. The van der Waals surface area contributed by atoms with Crippen LogP contribution in [0.5, 0.6) is 5.75 Å². The van der Waals surface area contributed by atoms with E-state index in [1.165, 1.54) is 6.92 Å². The van der Waals surface area contributed by atoms with Gasteiger partial charge in [-0.25, -0.2) is 0 Å². The van der Waals surface area contributed by atoms with Crippen molar-refractivity contribution in [3.8, 4) is 5.75 Å². The molecule has 0 aliphatic rings. The van der Waals surface area contributed by atoms with Gasteiger partial charge in [-0.15, -0.1) is 0 Å². The highest BCUT2D eigenvalue weighted by molar-refractivity contribution is 5.66. The van der Waals surface area contributed by atoms with Gasteiger partial charge in [0.1, 0.15) is 5.75 Å². The molecule has 0 aliphatic carbocycles. The summed E-state index contributed by atoms with van der Waals surface area (Å²) < 4.78 is 10.4. The molecule has 0 spiro atoms. The molecule has 94 valence electrons. The van der Waals surface area contributed by atoms with Crippen LogP contribution < -0.4 is 10.5 Å². The van der Waals surface area contributed by atoms with Crippen molar-refractivity contribution in [3.63, 3.8) is 0 Å². The lowest BCUT2D eigenvalue weighted by Crippen LogP contribution is -2.16. The minimum Gasteiger partial charge on any atom is -0.494 e. The van der Waals surface area contributed by atoms with Crippen molar-refractivity contribution in [1.29, 1.82) is 0 Å². The molecular weight excluding hydrogens is 218 g/mol. The maximum Gasteiger partial charge on any atom is 0.304 e. The number of benzene rings is 1. The average Bonchev–Trinajstić information content (AvgIpc) is 2.29. The number of ether oxygens (including phenoxy) is 2. The highest BCUT2D eigenvalue weighted by Crippen LogP contribution is 2.17. The van der Waals surface area contributed by atoms with E-state index in [2.05, 4.69) is 6.92 Å². The standard InChI is InChI=1S/C13H19NO3/c1-3-4-9-16-12-7-5-11(6-8-12)13(14)17-10(2)15/h5-8,13H,3-4,9,14H2,1-2H3. The molecule has 0 amide bonds. The monoisotopic (exact) mass is 237 g/mol. The maximum atomic E-state index is 10.7. The minimum absolute atomic E-state index is 0.388. The quantitative estimate of drug-likeness (QED) is 0.469. The zero-order valence-corrected chi connectivity index (χ0v) is 10.3. The number of rotatable bonds is 6. The van der Waals surface area contributed by atoms with E-state index in [1.807, 2.05) is 12.1 Å². The lowest BCUT2D eigenvalue weighted by Gasteiger charge is -2.12. The Hall–Kier alpha value is -1.55. The fraction of sp³-hybridized carbons (Fsp3) is 0.462. The predicted molar refractivity (Wildman–Crippen MR) is 65.5 cm³/mol. The molecule has 1 aromatic carbocycles. The van der Waals surface area contributed by atoms with Crippen LogP contribution in [-0.4, -0.2) is 12.6 Å². The normalized spacial score (nSPS) is 11.9. The summed E-state index contributed by atoms with van der Waals surface area (Å²) in [5, 5.41) is 0. The largest absolute Gasteiger partial charge is 0.494 e. The number of carbonyl (C=O) groups is 1. The lowest BCUT2D eigenvalue weighted by atomic mass is 10.2. The Morgan fingerprint density at radius 1 is 1.35 bits per heavy atom. The van der Waals surface area contributed by atoms with Gasteiger partial charge >= 0.3 is 5.97 Å². The average molecular weight is 237 g/mol. The molecule has 0 aliphatic heterocycles. The summed E-state index contributed by atoms with van der Waals surface area (Å²) >= 11 is 0. The minimum atomic E-state index is -0.711. The fourth-order valence-electron chi connectivity index (χ4n) is 1.33. The van der Waals surface area contributed by atoms with Crippen LogP contribution in [0.2, 0.25) is 0 Å². The predicted octanol–water partition coefficient (Wildman–Crippen LogP) is 2.39. The number of hydrogen-bond acceptors (Lipinski definition) is 4. The van der Waals surface area contributed by atoms with Gasteiger partial charge in [0.05, 0.1) is 6.61 Å². The van der Waals surface area contributed by atoms with Crippen LogP contribution in [0.3, 0.4) is 0 Å². The third kappa shape index (κ3) is 4.87. The van der Waals surface area contributed by atoms with Gasteiger partial charge in [0.25, 0.3) is 0 Å². The highest BCUT2D eigenvalue weighted by atomic mass is 16.6. The summed E-state index contributed by atoms with van der Waals surface area (Å²) in [6, 6.07) is 7.26. The Balaban J connectivity index is 2.52. The molecule has 0 radical (unpaired) electrons. The number of hydrogen-bond donors (Lipinski definition) is 1. The van der Waals surface area contributed by atoms with Gasteiger partial charge in [0, 0.05) is 12.5 Å². The molecule has 1 rings (SSSR count). The zero-order valence-electron chi connectivity index (χ0n) is 10.3. The molecule has 17 heavy (non-hydrogen) atoms. The molecule has 0 saturated carbocycles. The van der Waals surface area contributed by atoms with Crippen LogP contribution in [-0.2, 0) is 9.53 Å². The van der Waals surface area contributed by atoms with Crippen molar-refractivity contribution in [1.82, 2.24) is 0 Å². The van der Waals surface area contributed by atoms with Crippen molar-refractivity contribution >= 4 is 5.97 Å². The Bertz CT molecular complexity index is 348. The lowest BCUT2D eigenvalue weighted by molar-refractivity contribution is -0.146. The Labute approximate surface area is 102 Å². The van der Waals surface area contributed by atoms with Gasteiger partial charge in [-0.3, -0.25) is 10.5 Å². The first-order valence-corrected chi connectivity index (χ1v) is 5.79. The van der Waals surface area contributed by atoms with Crippen molar-refractivity contribution < 1.29 is 14.3 Å². The van der Waals surface area contributed by atoms with E-state index in [-0.39, 0.29) is 5.97 Å². The molecule has 1 unspecified atom stereocenters. The molecule has 0 bridgehead atoms.